The zero-order valence-corrected chi connectivity index (χ0v) is 16.1. The Balaban J connectivity index is 0.00000261. The Morgan fingerprint density at radius 1 is 1.19 bits per heavy atom. The van der Waals surface area contributed by atoms with Crippen molar-refractivity contribution in [3.8, 4) is 5.75 Å². The summed E-state index contributed by atoms with van der Waals surface area (Å²) >= 11 is 0. The summed E-state index contributed by atoms with van der Waals surface area (Å²) < 4.78 is 10.2. The van der Waals surface area contributed by atoms with Crippen molar-refractivity contribution in [2.75, 3.05) is 32.1 Å². The third-order valence-electron chi connectivity index (χ3n) is 4.67. The molecule has 1 amide bonds. The number of carbonyl (C=O) groups excluding carboxylic acids is 2. The van der Waals surface area contributed by atoms with Gasteiger partial charge in [-0.3, -0.25) is 4.79 Å². The van der Waals surface area contributed by atoms with E-state index in [4.69, 9.17) is 4.74 Å². The zero-order valence-electron chi connectivity index (χ0n) is 15.3. The first-order valence-electron chi connectivity index (χ1n) is 8.89. The van der Waals surface area contributed by atoms with Crippen molar-refractivity contribution in [1.29, 1.82) is 0 Å². The summed E-state index contributed by atoms with van der Waals surface area (Å²) in [5, 5.41) is 8.05. The van der Waals surface area contributed by atoms with Crippen molar-refractivity contribution in [3.05, 3.63) is 36.4 Å². The first kappa shape index (κ1) is 21.0. The highest BCUT2D eigenvalue weighted by Crippen LogP contribution is 2.32. The van der Waals surface area contributed by atoms with Gasteiger partial charge in [0, 0.05) is 22.9 Å². The molecule has 1 aliphatic rings. The molecule has 1 aliphatic heterocycles. The molecule has 0 spiro atoms. The standard InChI is InChI=1S/C20H24N2O4.ClH/c1-25-20(24)13-26-18-8-7-17(15-4-2-3-5-16(15)18)22-19(23)9-6-14-10-11-21-12-14;/h2-5,7-8,14,21H,6,9-13H2,1H3,(H,22,23);1H. The van der Waals surface area contributed by atoms with Gasteiger partial charge in [0.2, 0.25) is 5.91 Å². The van der Waals surface area contributed by atoms with E-state index in [0.717, 1.165) is 42.4 Å². The maximum Gasteiger partial charge on any atom is 0.343 e. The van der Waals surface area contributed by atoms with E-state index in [9.17, 15) is 9.59 Å². The highest BCUT2D eigenvalue weighted by atomic mass is 35.5. The zero-order chi connectivity index (χ0) is 18.4. The monoisotopic (exact) mass is 392 g/mol. The van der Waals surface area contributed by atoms with Crippen LogP contribution in [0.15, 0.2) is 36.4 Å². The number of esters is 1. The number of carbonyl (C=O) groups is 2. The molecule has 0 radical (unpaired) electrons. The quantitative estimate of drug-likeness (QED) is 0.708. The molecular weight excluding hydrogens is 368 g/mol. The van der Waals surface area contributed by atoms with Gasteiger partial charge < -0.3 is 20.1 Å². The smallest absolute Gasteiger partial charge is 0.343 e. The Bertz CT molecular complexity index is 791. The Morgan fingerprint density at radius 3 is 2.67 bits per heavy atom. The summed E-state index contributed by atoms with van der Waals surface area (Å²) in [5.74, 6) is 0.755. The molecule has 27 heavy (non-hydrogen) atoms. The molecule has 0 aromatic heterocycles. The van der Waals surface area contributed by atoms with Gasteiger partial charge in [-0.05, 0) is 44.0 Å². The van der Waals surface area contributed by atoms with Gasteiger partial charge in [0.15, 0.2) is 6.61 Å². The average molecular weight is 393 g/mol. The molecule has 1 unspecified atom stereocenters. The predicted octanol–water partition coefficient (Wildman–Crippen LogP) is 3.14. The van der Waals surface area contributed by atoms with Crippen molar-refractivity contribution in [2.45, 2.75) is 19.3 Å². The van der Waals surface area contributed by atoms with E-state index in [1.54, 1.807) is 6.07 Å². The minimum Gasteiger partial charge on any atom is -0.481 e. The van der Waals surface area contributed by atoms with E-state index in [1.165, 1.54) is 7.11 Å². The van der Waals surface area contributed by atoms with Crippen LogP contribution in [0.2, 0.25) is 0 Å². The first-order valence-corrected chi connectivity index (χ1v) is 8.89. The molecule has 3 rings (SSSR count). The maximum atomic E-state index is 12.3. The Hall–Kier alpha value is -2.31. The summed E-state index contributed by atoms with van der Waals surface area (Å²) in [4.78, 5) is 23.6. The molecule has 146 valence electrons. The van der Waals surface area contributed by atoms with Crippen LogP contribution < -0.4 is 15.4 Å². The molecule has 2 N–H and O–H groups in total. The van der Waals surface area contributed by atoms with E-state index in [1.807, 2.05) is 30.3 Å². The van der Waals surface area contributed by atoms with Crippen LogP contribution in [0.3, 0.4) is 0 Å². The number of hydrogen-bond donors (Lipinski definition) is 2. The second kappa shape index (κ2) is 10.1. The van der Waals surface area contributed by atoms with Gasteiger partial charge in [0.1, 0.15) is 5.75 Å². The van der Waals surface area contributed by atoms with Gasteiger partial charge >= 0.3 is 5.97 Å². The van der Waals surface area contributed by atoms with Crippen LogP contribution in [0.4, 0.5) is 5.69 Å². The largest absolute Gasteiger partial charge is 0.481 e. The Labute approximate surface area is 165 Å². The van der Waals surface area contributed by atoms with E-state index in [-0.39, 0.29) is 24.9 Å². The maximum absolute atomic E-state index is 12.3. The molecule has 0 bridgehead atoms. The van der Waals surface area contributed by atoms with E-state index in [0.29, 0.717) is 18.1 Å². The van der Waals surface area contributed by atoms with Crippen molar-refractivity contribution < 1.29 is 19.1 Å². The predicted molar refractivity (Wildman–Crippen MR) is 108 cm³/mol. The lowest BCUT2D eigenvalue weighted by Gasteiger charge is -2.13. The minimum absolute atomic E-state index is 0. The summed E-state index contributed by atoms with van der Waals surface area (Å²) in [6, 6.07) is 11.2. The van der Waals surface area contributed by atoms with Crippen LogP contribution in [0, 0.1) is 5.92 Å². The molecule has 0 saturated carbocycles. The first-order chi connectivity index (χ1) is 12.7. The second-order valence-corrected chi connectivity index (χ2v) is 6.47. The average Bonchev–Trinajstić information content (AvgIpc) is 3.19. The SMILES string of the molecule is COC(=O)COc1ccc(NC(=O)CCC2CCNC2)c2ccccc12.Cl. The lowest BCUT2D eigenvalue weighted by atomic mass is 10.0. The summed E-state index contributed by atoms with van der Waals surface area (Å²) in [6.45, 7) is 1.90. The van der Waals surface area contributed by atoms with Crippen molar-refractivity contribution in [1.82, 2.24) is 5.32 Å². The fourth-order valence-corrected chi connectivity index (χ4v) is 3.21. The molecule has 1 heterocycles. The topological polar surface area (TPSA) is 76.7 Å². The van der Waals surface area contributed by atoms with Crippen molar-refractivity contribution in [3.63, 3.8) is 0 Å². The van der Waals surface area contributed by atoms with Gasteiger partial charge in [0.25, 0.3) is 0 Å². The molecule has 1 fully saturated rings. The summed E-state index contributed by atoms with van der Waals surface area (Å²) in [5.41, 5.74) is 0.751. The summed E-state index contributed by atoms with van der Waals surface area (Å²) in [6.07, 6.45) is 2.56. The highest BCUT2D eigenvalue weighted by molar-refractivity contribution is 6.04. The lowest BCUT2D eigenvalue weighted by molar-refractivity contribution is -0.142. The van der Waals surface area contributed by atoms with Crippen LogP contribution in [0.1, 0.15) is 19.3 Å². The number of nitrogens with one attached hydrogen (secondary N) is 2. The van der Waals surface area contributed by atoms with Gasteiger partial charge in [-0.15, -0.1) is 12.4 Å². The third-order valence-corrected chi connectivity index (χ3v) is 4.67. The number of ether oxygens (including phenoxy) is 2. The molecule has 6 nitrogen and oxygen atoms in total. The third kappa shape index (κ3) is 5.58. The van der Waals surface area contributed by atoms with Crippen LogP contribution >= 0.6 is 12.4 Å². The van der Waals surface area contributed by atoms with Gasteiger partial charge in [0.05, 0.1) is 7.11 Å². The van der Waals surface area contributed by atoms with Crippen LogP contribution in [-0.4, -0.2) is 38.7 Å². The number of methoxy groups -OCH3 is 1. The molecule has 1 saturated heterocycles. The normalized spacial score (nSPS) is 15.8. The number of halogens is 1. The van der Waals surface area contributed by atoms with Crippen LogP contribution in [0.25, 0.3) is 10.8 Å². The Morgan fingerprint density at radius 2 is 1.96 bits per heavy atom. The van der Waals surface area contributed by atoms with Crippen LogP contribution in [0.5, 0.6) is 5.75 Å². The fraction of sp³-hybridized carbons (Fsp3) is 0.400. The molecule has 0 aliphatic carbocycles. The van der Waals surface area contributed by atoms with Crippen LogP contribution in [-0.2, 0) is 14.3 Å². The number of benzene rings is 2. The van der Waals surface area contributed by atoms with Crippen molar-refractivity contribution >= 4 is 40.7 Å². The van der Waals surface area contributed by atoms with Gasteiger partial charge in [-0.1, -0.05) is 24.3 Å². The van der Waals surface area contributed by atoms with Gasteiger partial charge in [-0.25, -0.2) is 4.79 Å². The summed E-state index contributed by atoms with van der Waals surface area (Å²) in [7, 11) is 1.32. The lowest BCUT2D eigenvalue weighted by Crippen LogP contribution is -2.15. The van der Waals surface area contributed by atoms with Gasteiger partial charge in [-0.2, -0.15) is 0 Å². The van der Waals surface area contributed by atoms with E-state index >= 15 is 0 Å². The van der Waals surface area contributed by atoms with E-state index < -0.39 is 5.97 Å². The highest BCUT2D eigenvalue weighted by Gasteiger charge is 2.16. The number of hydrogen-bond acceptors (Lipinski definition) is 5. The van der Waals surface area contributed by atoms with Crippen molar-refractivity contribution in [2.24, 2.45) is 5.92 Å². The Kier molecular flexibility index (Phi) is 7.88. The molecule has 7 heteroatoms. The molecule has 2 aromatic rings. The molecular formula is C20H25ClN2O4. The fourth-order valence-electron chi connectivity index (χ4n) is 3.21. The number of rotatable bonds is 7. The number of fused-ring (bicyclic) bond motifs is 1. The number of anilines is 1. The second-order valence-electron chi connectivity index (χ2n) is 6.47. The van der Waals surface area contributed by atoms with E-state index in [2.05, 4.69) is 15.4 Å². The molecule has 1 atom stereocenters. The molecule has 2 aromatic carbocycles. The minimum atomic E-state index is -0.437. The number of amides is 1.